The molecular formula is C13H12F3NO4. The van der Waals surface area contributed by atoms with Crippen LogP contribution in [-0.2, 0) is 20.5 Å². The number of benzene rings is 1. The highest BCUT2D eigenvalue weighted by Gasteiger charge is 2.33. The molecular weight excluding hydrogens is 291 g/mol. The highest BCUT2D eigenvalue weighted by Crippen LogP contribution is 2.31. The molecule has 114 valence electrons. The Hall–Kier alpha value is -2.09. The molecule has 1 atom stereocenters. The Morgan fingerprint density at radius 3 is 2.48 bits per heavy atom. The minimum absolute atomic E-state index is 0.0268. The Kier molecular flexibility index (Phi) is 4.17. The van der Waals surface area contributed by atoms with Crippen molar-refractivity contribution < 1.29 is 32.6 Å². The van der Waals surface area contributed by atoms with Crippen molar-refractivity contribution in [2.75, 3.05) is 18.1 Å². The van der Waals surface area contributed by atoms with Crippen molar-refractivity contribution in [2.45, 2.75) is 18.6 Å². The Morgan fingerprint density at radius 1 is 1.33 bits per heavy atom. The molecule has 0 aromatic heterocycles. The number of carboxylic acid groups (broad SMARTS) is 1. The van der Waals surface area contributed by atoms with E-state index in [1.807, 2.05) is 0 Å². The molecule has 5 nitrogen and oxygen atoms in total. The molecule has 1 unspecified atom stereocenters. The Morgan fingerprint density at radius 2 is 1.95 bits per heavy atom. The minimum Gasteiger partial charge on any atom is -0.481 e. The molecule has 1 amide bonds. The Labute approximate surface area is 117 Å². The van der Waals surface area contributed by atoms with E-state index in [9.17, 15) is 22.8 Å². The van der Waals surface area contributed by atoms with Gasteiger partial charge < -0.3 is 14.7 Å². The van der Waals surface area contributed by atoms with Gasteiger partial charge in [-0.2, -0.15) is 13.2 Å². The maximum Gasteiger partial charge on any atom is 0.416 e. The van der Waals surface area contributed by atoms with E-state index in [0.29, 0.717) is 0 Å². The fourth-order valence-electron chi connectivity index (χ4n) is 2.15. The van der Waals surface area contributed by atoms with Crippen LogP contribution in [0.5, 0.6) is 0 Å². The first-order valence-electron chi connectivity index (χ1n) is 6.08. The fourth-order valence-corrected chi connectivity index (χ4v) is 2.15. The van der Waals surface area contributed by atoms with E-state index < -0.39 is 29.7 Å². The number of anilines is 1. The number of rotatable bonds is 3. The summed E-state index contributed by atoms with van der Waals surface area (Å²) < 4.78 is 42.5. The van der Waals surface area contributed by atoms with Crippen LogP contribution in [0.25, 0.3) is 0 Å². The zero-order chi connectivity index (χ0) is 15.6. The molecule has 1 aliphatic heterocycles. The molecule has 0 spiro atoms. The number of ether oxygens (including phenoxy) is 1. The number of amides is 1. The van der Waals surface area contributed by atoms with E-state index in [-0.39, 0.29) is 25.3 Å². The number of halogens is 3. The van der Waals surface area contributed by atoms with Gasteiger partial charge in [-0.1, -0.05) is 0 Å². The van der Waals surface area contributed by atoms with Gasteiger partial charge in [-0.15, -0.1) is 0 Å². The van der Waals surface area contributed by atoms with E-state index in [1.165, 1.54) is 4.90 Å². The van der Waals surface area contributed by atoms with Crippen molar-refractivity contribution in [1.29, 1.82) is 0 Å². The lowest BCUT2D eigenvalue weighted by atomic mass is 10.1. The molecule has 0 saturated carbocycles. The van der Waals surface area contributed by atoms with Crippen molar-refractivity contribution in [2.24, 2.45) is 0 Å². The quantitative estimate of drug-likeness (QED) is 0.926. The zero-order valence-corrected chi connectivity index (χ0v) is 10.8. The standard InChI is InChI=1S/C13H12F3NO4/c14-13(15,16)8-1-3-9(4-2-8)17-10(5-12(19)20)6-21-7-11(17)18/h1-4,10H,5-7H2,(H,19,20). The number of aliphatic carboxylic acids is 1. The summed E-state index contributed by atoms with van der Waals surface area (Å²) in [6, 6.07) is 3.29. The van der Waals surface area contributed by atoms with Crippen LogP contribution in [0.3, 0.4) is 0 Å². The molecule has 1 fully saturated rings. The predicted octanol–water partition coefficient (Wildman–Crippen LogP) is 1.91. The zero-order valence-electron chi connectivity index (χ0n) is 10.8. The lowest BCUT2D eigenvalue weighted by molar-refractivity contribution is -0.139. The smallest absolute Gasteiger partial charge is 0.416 e. The average molecular weight is 303 g/mol. The summed E-state index contributed by atoms with van der Waals surface area (Å²) in [5.74, 6) is -1.59. The van der Waals surface area contributed by atoms with Gasteiger partial charge >= 0.3 is 12.1 Å². The Balaban J connectivity index is 2.27. The Bertz CT molecular complexity index is 541. The largest absolute Gasteiger partial charge is 0.481 e. The van der Waals surface area contributed by atoms with Gasteiger partial charge in [0.25, 0.3) is 5.91 Å². The number of morpholine rings is 1. The minimum atomic E-state index is -4.46. The third-order valence-corrected chi connectivity index (χ3v) is 3.05. The summed E-state index contributed by atoms with van der Waals surface area (Å²) in [5.41, 5.74) is -0.607. The van der Waals surface area contributed by atoms with E-state index >= 15 is 0 Å². The van der Waals surface area contributed by atoms with Crippen LogP contribution in [0.2, 0.25) is 0 Å². The second-order valence-electron chi connectivity index (χ2n) is 4.58. The molecule has 1 heterocycles. The first-order chi connectivity index (χ1) is 9.79. The predicted molar refractivity (Wildman–Crippen MR) is 65.8 cm³/mol. The van der Waals surface area contributed by atoms with Crippen LogP contribution in [0, 0.1) is 0 Å². The van der Waals surface area contributed by atoms with Gasteiger partial charge in [0.1, 0.15) is 6.61 Å². The van der Waals surface area contributed by atoms with Crippen molar-refractivity contribution in [3.05, 3.63) is 29.8 Å². The van der Waals surface area contributed by atoms with Crippen LogP contribution in [0.4, 0.5) is 18.9 Å². The SMILES string of the molecule is O=C(O)CC1COCC(=O)N1c1ccc(C(F)(F)F)cc1. The third kappa shape index (κ3) is 3.52. The second-order valence-corrected chi connectivity index (χ2v) is 4.58. The first-order valence-corrected chi connectivity index (χ1v) is 6.08. The van der Waals surface area contributed by atoms with Crippen molar-refractivity contribution in [3.8, 4) is 0 Å². The fraction of sp³-hybridized carbons (Fsp3) is 0.385. The molecule has 1 saturated heterocycles. The number of carboxylic acids is 1. The second kappa shape index (κ2) is 5.72. The number of carbonyl (C=O) groups excluding carboxylic acids is 1. The highest BCUT2D eigenvalue weighted by molar-refractivity contribution is 5.96. The van der Waals surface area contributed by atoms with E-state index in [1.54, 1.807) is 0 Å². The van der Waals surface area contributed by atoms with Gasteiger partial charge in [-0.05, 0) is 24.3 Å². The lowest BCUT2D eigenvalue weighted by Gasteiger charge is -2.34. The van der Waals surface area contributed by atoms with E-state index in [2.05, 4.69) is 0 Å². The van der Waals surface area contributed by atoms with Crippen molar-refractivity contribution in [3.63, 3.8) is 0 Å². The molecule has 1 aromatic rings. The topological polar surface area (TPSA) is 66.8 Å². The van der Waals surface area contributed by atoms with Gasteiger partial charge in [-0.3, -0.25) is 9.59 Å². The summed E-state index contributed by atoms with van der Waals surface area (Å²) in [6.07, 6.45) is -4.80. The number of hydrogen-bond donors (Lipinski definition) is 1. The van der Waals surface area contributed by atoms with Crippen LogP contribution >= 0.6 is 0 Å². The van der Waals surface area contributed by atoms with Gasteiger partial charge in [0.2, 0.25) is 0 Å². The number of alkyl halides is 3. The van der Waals surface area contributed by atoms with E-state index in [0.717, 1.165) is 24.3 Å². The normalized spacial score (nSPS) is 19.7. The number of nitrogens with zero attached hydrogens (tertiary/aromatic N) is 1. The molecule has 8 heteroatoms. The lowest BCUT2D eigenvalue weighted by Crippen LogP contribution is -2.50. The molecule has 0 bridgehead atoms. The first kappa shape index (κ1) is 15.3. The van der Waals surface area contributed by atoms with Crippen LogP contribution < -0.4 is 4.90 Å². The monoisotopic (exact) mass is 303 g/mol. The molecule has 0 aliphatic carbocycles. The van der Waals surface area contributed by atoms with Gasteiger partial charge in [0.05, 0.1) is 24.6 Å². The van der Waals surface area contributed by atoms with Crippen molar-refractivity contribution >= 4 is 17.6 Å². The molecule has 1 N–H and O–H groups in total. The molecule has 1 aromatic carbocycles. The van der Waals surface area contributed by atoms with E-state index in [4.69, 9.17) is 9.84 Å². The average Bonchev–Trinajstić information content (AvgIpc) is 2.37. The van der Waals surface area contributed by atoms with Gasteiger partial charge in [0, 0.05) is 5.69 Å². The summed E-state index contributed by atoms with van der Waals surface area (Å²) in [5, 5.41) is 8.83. The molecule has 21 heavy (non-hydrogen) atoms. The maximum absolute atomic E-state index is 12.5. The summed E-state index contributed by atoms with van der Waals surface area (Å²) in [7, 11) is 0. The maximum atomic E-state index is 12.5. The van der Waals surface area contributed by atoms with Crippen LogP contribution in [0.15, 0.2) is 24.3 Å². The molecule has 2 rings (SSSR count). The molecule has 1 aliphatic rings. The number of hydrogen-bond acceptors (Lipinski definition) is 3. The van der Waals surface area contributed by atoms with Crippen LogP contribution in [-0.4, -0.2) is 36.2 Å². The summed E-state index contributed by atoms with van der Waals surface area (Å²) in [4.78, 5) is 23.8. The third-order valence-electron chi connectivity index (χ3n) is 3.05. The summed E-state index contributed by atoms with van der Waals surface area (Å²) in [6.45, 7) is -0.198. The number of carbonyl (C=O) groups is 2. The van der Waals surface area contributed by atoms with Gasteiger partial charge in [0.15, 0.2) is 0 Å². The van der Waals surface area contributed by atoms with Crippen molar-refractivity contribution in [1.82, 2.24) is 0 Å². The highest BCUT2D eigenvalue weighted by atomic mass is 19.4. The summed E-state index contributed by atoms with van der Waals surface area (Å²) >= 11 is 0. The van der Waals surface area contributed by atoms with Crippen LogP contribution in [0.1, 0.15) is 12.0 Å². The molecule has 0 radical (unpaired) electrons. The van der Waals surface area contributed by atoms with Gasteiger partial charge in [-0.25, -0.2) is 0 Å².